The average Bonchev–Trinajstić information content (AvgIpc) is 2.96. The molecule has 4 N–H and O–H groups in total. The number of rotatable bonds is 30. The summed E-state index contributed by atoms with van der Waals surface area (Å²) in [6, 6.07) is -0.807. The molecule has 0 aromatic rings. The molecule has 5 nitrogen and oxygen atoms in total. The van der Waals surface area contributed by atoms with Gasteiger partial charge in [0.15, 0.2) is 0 Å². The van der Waals surface area contributed by atoms with Gasteiger partial charge in [0.2, 0.25) is 5.91 Å². The predicted molar refractivity (Wildman–Crippen MR) is 171 cm³/mol. The van der Waals surface area contributed by atoms with Crippen LogP contribution in [-0.2, 0) is 4.79 Å². The fraction of sp³-hybridized carbons (Fsp3) is 0.857. The number of amides is 1. The summed E-state index contributed by atoms with van der Waals surface area (Å²) in [5.41, 5.74) is 0. The molecule has 236 valence electrons. The van der Waals surface area contributed by atoms with Crippen molar-refractivity contribution in [3.63, 3.8) is 0 Å². The van der Waals surface area contributed by atoms with Crippen LogP contribution in [0.2, 0.25) is 0 Å². The van der Waals surface area contributed by atoms with E-state index in [9.17, 15) is 20.1 Å². The van der Waals surface area contributed by atoms with Crippen LogP contribution in [-0.4, -0.2) is 46.1 Å². The lowest BCUT2D eigenvalue weighted by Crippen LogP contribution is -2.48. The quantitative estimate of drug-likeness (QED) is 0.0518. The minimum atomic E-state index is -1.10. The van der Waals surface area contributed by atoms with E-state index in [0.29, 0.717) is 6.42 Å². The van der Waals surface area contributed by atoms with E-state index < -0.39 is 24.2 Å². The molecule has 0 bridgehead atoms. The minimum Gasteiger partial charge on any atom is -0.394 e. The second-order valence-electron chi connectivity index (χ2n) is 11.7. The van der Waals surface area contributed by atoms with Gasteiger partial charge in [-0.3, -0.25) is 4.79 Å². The third-order valence-electron chi connectivity index (χ3n) is 7.79. The van der Waals surface area contributed by atoms with Gasteiger partial charge in [0.05, 0.1) is 18.8 Å². The van der Waals surface area contributed by atoms with Crippen molar-refractivity contribution in [3.05, 3.63) is 24.3 Å². The van der Waals surface area contributed by atoms with E-state index in [0.717, 1.165) is 38.5 Å². The Balaban J connectivity index is 3.81. The van der Waals surface area contributed by atoms with E-state index >= 15 is 0 Å². The number of carbonyl (C=O) groups excluding carboxylic acids is 1. The molecule has 3 atom stereocenters. The standard InChI is InChI=1S/C35H67NO4/c1-3-5-7-9-11-13-14-15-16-17-18-19-20-22-23-25-27-29-33(38)32(31-37)36-35(40)34(39)30-28-26-24-21-12-10-8-6-4-2/h20,22,27,29,32-34,37-39H,3-19,21,23-26,28,30-31H2,1-2H3,(H,36,40)/b22-20+,29-27+. The van der Waals surface area contributed by atoms with Crippen molar-refractivity contribution < 1.29 is 20.1 Å². The highest BCUT2D eigenvalue weighted by atomic mass is 16.3. The molecule has 0 aliphatic rings. The van der Waals surface area contributed by atoms with E-state index in [1.807, 2.05) is 6.08 Å². The van der Waals surface area contributed by atoms with Crippen molar-refractivity contribution >= 4 is 5.91 Å². The Hall–Kier alpha value is -1.17. The summed E-state index contributed by atoms with van der Waals surface area (Å²) in [5.74, 6) is -0.517. The number of nitrogens with one attached hydrogen (secondary N) is 1. The fourth-order valence-corrected chi connectivity index (χ4v) is 5.02. The average molecular weight is 566 g/mol. The molecule has 0 radical (unpaired) electrons. The van der Waals surface area contributed by atoms with Crippen molar-refractivity contribution in [2.75, 3.05) is 6.61 Å². The molecule has 0 aromatic carbocycles. The molecular formula is C35H67NO4. The first-order chi connectivity index (χ1) is 19.6. The number of unbranched alkanes of at least 4 members (excludes halogenated alkanes) is 20. The number of aliphatic hydroxyl groups is 3. The van der Waals surface area contributed by atoms with Gasteiger partial charge in [-0.2, -0.15) is 0 Å². The molecule has 0 aromatic heterocycles. The molecule has 0 rings (SSSR count). The van der Waals surface area contributed by atoms with Crippen LogP contribution in [0.15, 0.2) is 24.3 Å². The predicted octanol–water partition coefficient (Wildman–Crippen LogP) is 8.70. The second-order valence-corrected chi connectivity index (χ2v) is 11.7. The van der Waals surface area contributed by atoms with Gasteiger partial charge in [0, 0.05) is 0 Å². The number of aliphatic hydroxyl groups excluding tert-OH is 3. The van der Waals surface area contributed by atoms with Crippen LogP contribution in [0.1, 0.15) is 168 Å². The summed E-state index contributed by atoms with van der Waals surface area (Å²) in [5, 5.41) is 32.7. The summed E-state index contributed by atoms with van der Waals surface area (Å²) in [6.07, 6.45) is 34.8. The van der Waals surface area contributed by atoms with Gasteiger partial charge in [-0.05, 0) is 32.1 Å². The van der Waals surface area contributed by atoms with Crippen LogP contribution in [0.4, 0.5) is 0 Å². The number of carbonyl (C=O) groups is 1. The zero-order valence-corrected chi connectivity index (χ0v) is 26.5. The molecule has 0 heterocycles. The maximum absolute atomic E-state index is 12.3. The molecule has 0 aliphatic carbocycles. The Morgan fingerprint density at radius 3 is 1.52 bits per heavy atom. The summed E-state index contributed by atoms with van der Waals surface area (Å²) in [4.78, 5) is 12.3. The number of hydrogen-bond acceptors (Lipinski definition) is 4. The Morgan fingerprint density at radius 2 is 1.02 bits per heavy atom. The molecule has 5 heteroatoms. The smallest absolute Gasteiger partial charge is 0.249 e. The molecule has 0 spiro atoms. The van der Waals surface area contributed by atoms with Crippen LogP contribution in [0.3, 0.4) is 0 Å². The van der Waals surface area contributed by atoms with Gasteiger partial charge in [0.1, 0.15) is 6.10 Å². The third kappa shape index (κ3) is 25.8. The zero-order chi connectivity index (χ0) is 29.5. The summed E-state index contributed by atoms with van der Waals surface area (Å²) >= 11 is 0. The lowest BCUT2D eigenvalue weighted by Gasteiger charge is -2.21. The summed E-state index contributed by atoms with van der Waals surface area (Å²) in [6.45, 7) is 4.12. The summed E-state index contributed by atoms with van der Waals surface area (Å²) in [7, 11) is 0. The lowest BCUT2D eigenvalue weighted by molar-refractivity contribution is -0.131. The highest BCUT2D eigenvalue weighted by Gasteiger charge is 2.22. The molecule has 1 amide bonds. The largest absolute Gasteiger partial charge is 0.394 e. The van der Waals surface area contributed by atoms with Gasteiger partial charge in [0.25, 0.3) is 0 Å². The van der Waals surface area contributed by atoms with Crippen molar-refractivity contribution in [1.29, 1.82) is 0 Å². The van der Waals surface area contributed by atoms with E-state index in [2.05, 4.69) is 31.3 Å². The topological polar surface area (TPSA) is 89.8 Å². The van der Waals surface area contributed by atoms with Crippen molar-refractivity contribution in [2.45, 2.75) is 186 Å². The second kappa shape index (κ2) is 30.8. The Bertz CT molecular complexity index is 592. The van der Waals surface area contributed by atoms with Gasteiger partial charge in [-0.1, -0.05) is 160 Å². The Kier molecular flexibility index (Phi) is 29.9. The molecule has 0 saturated heterocycles. The number of hydrogen-bond donors (Lipinski definition) is 4. The van der Waals surface area contributed by atoms with Crippen LogP contribution in [0, 0.1) is 0 Å². The van der Waals surface area contributed by atoms with Crippen LogP contribution in [0.5, 0.6) is 0 Å². The molecule has 0 fully saturated rings. The maximum atomic E-state index is 12.3. The fourth-order valence-electron chi connectivity index (χ4n) is 5.02. The lowest BCUT2D eigenvalue weighted by atomic mass is 10.0. The van der Waals surface area contributed by atoms with Gasteiger partial charge < -0.3 is 20.6 Å². The summed E-state index contributed by atoms with van der Waals surface area (Å²) < 4.78 is 0. The van der Waals surface area contributed by atoms with E-state index in [1.54, 1.807) is 6.08 Å². The zero-order valence-electron chi connectivity index (χ0n) is 26.5. The van der Waals surface area contributed by atoms with Crippen LogP contribution < -0.4 is 5.32 Å². The van der Waals surface area contributed by atoms with Crippen molar-refractivity contribution in [3.8, 4) is 0 Å². The van der Waals surface area contributed by atoms with Gasteiger partial charge in [-0.15, -0.1) is 0 Å². The Labute approximate surface area is 248 Å². The van der Waals surface area contributed by atoms with Crippen molar-refractivity contribution in [2.24, 2.45) is 0 Å². The highest BCUT2D eigenvalue weighted by Crippen LogP contribution is 2.13. The molecule has 0 saturated carbocycles. The van der Waals surface area contributed by atoms with Crippen LogP contribution in [0.25, 0.3) is 0 Å². The molecule has 40 heavy (non-hydrogen) atoms. The monoisotopic (exact) mass is 566 g/mol. The number of allylic oxidation sites excluding steroid dienone is 3. The molecule has 0 aliphatic heterocycles. The molecular weight excluding hydrogens is 498 g/mol. The van der Waals surface area contributed by atoms with Crippen LogP contribution >= 0.6 is 0 Å². The third-order valence-corrected chi connectivity index (χ3v) is 7.79. The van der Waals surface area contributed by atoms with E-state index in [-0.39, 0.29) is 6.61 Å². The first-order valence-electron chi connectivity index (χ1n) is 17.2. The SMILES string of the molecule is CCCCCCCCCCCCC/C=C/CC/C=C/C(O)C(CO)NC(=O)C(O)CCCCCCCCCCC. The first kappa shape index (κ1) is 38.8. The van der Waals surface area contributed by atoms with Gasteiger partial charge >= 0.3 is 0 Å². The molecule has 3 unspecified atom stereocenters. The minimum absolute atomic E-state index is 0.374. The van der Waals surface area contributed by atoms with Crippen molar-refractivity contribution in [1.82, 2.24) is 5.32 Å². The van der Waals surface area contributed by atoms with E-state index in [4.69, 9.17) is 0 Å². The van der Waals surface area contributed by atoms with E-state index in [1.165, 1.54) is 109 Å². The highest BCUT2D eigenvalue weighted by molar-refractivity contribution is 5.80. The maximum Gasteiger partial charge on any atom is 0.249 e. The Morgan fingerprint density at radius 1 is 0.600 bits per heavy atom. The first-order valence-corrected chi connectivity index (χ1v) is 17.2. The normalized spacial score (nSPS) is 14.2. The van der Waals surface area contributed by atoms with Gasteiger partial charge in [-0.25, -0.2) is 0 Å².